The van der Waals surface area contributed by atoms with Crippen LogP contribution in [0.15, 0.2) is 54.7 Å². The minimum Gasteiger partial charge on any atom is -0.481 e. The first kappa shape index (κ1) is 24.0. The Kier molecular flexibility index (Phi) is 6.57. The molecule has 37 heavy (non-hydrogen) atoms. The minimum atomic E-state index is -0.744. The van der Waals surface area contributed by atoms with Crippen LogP contribution < -0.4 is 5.73 Å². The molecule has 2 atom stereocenters. The number of hydrogen-bond donors (Lipinski definition) is 2. The first-order valence-electron chi connectivity index (χ1n) is 11.9. The van der Waals surface area contributed by atoms with Crippen LogP contribution in [-0.2, 0) is 11.3 Å². The number of rotatable bonds is 7. The Bertz CT molecular complexity index is 1490. The summed E-state index contributed by atoms with van der Waals surface area (Å²) in [4.78, 5) is 26.9. The Morgan fingerprint density at radius 1 is 1.16 bits per heavy atom. The summed E-state index contributed by atoms with van der Waals surface area (Å²) in [6.07, 6.45) is 2.42. The molecular weight excluding hydrogens is 470 g/mol. The third-order valence-electron chi connectivity index (χ3n) is 6.53. The van der Waals surface area contributed by atoms with E-state index >= 15 is 0 Å². The third kappa shape index (κ3) is 5.29. The largest absolute Gasteiger partial charge is 0.481 e. The lowest BCUT2D eigenvalue weighted by atomic mass is 10.1. The molecule has 0 spiro atoms. The molecule has 0 aliphatic carbocycles. The summed E-state index contributed by atoms with van der Waals surface area (Å²) >= 11 is 0. The summed E-state index contributed by atoms with van der Waals surface area (Å²) in [5.41, 5.74) is 10.6. The van der Waals surface area contributed by atoms with Gasteiger partial charge >= 0.3 is 5.97 Å². The van der Waals surface area contributed by atoms with Gasteiger partial charge in [0, 0.05) is 18.2 Å². The van der Waals surface area contributed by atoms with E-state index in [1.54, 1.807) is 35.1 Å². The zero-order valence-electron chi connectivity index (χ0n) is 20.2. The first-order chi connectivity index (χ1) is 17.9. The second-order valence-corrected chi connectivity index (χ2v) is 9.04. The van der Waals surface area contributed by atoms with Crippen molar-refractivity contribution in [1.82, 2.24) is 34.8 Å². The molecule has 4 aromatic rings. The molecule has 3 N–H and O–H groups in total. The van der Waals surface area contributed by atoms with E-state index in [2.05, 4.69) is 31.2 Å². The number of benzene rings is 1. The second-order valence-electron chi connectivity index (χ2n) is 9.04. The van der Waals surface area contributed by atoms with Gasteiger partial charge in [-0.05, 0) is 50.2 Å². The number of aliphatic carboxylic acids is 1. The van der Waals surface area contributed by atoms with Gasteiger partial charge < -0.3 is 10.8 Å². The van der Waals surface area contributed by atoms with Crippen molar-refractivity contribution in [1.29, 1.82) is 5.26 Å². The van der Waals surface area contributed by atoms with E-state index in [4.69, 9.17) is 10.7 Å². The first-order valence-corrected chi connectivity index (χ1v) is 11.9. The molecule has 186 valence electrons. The Morgan fingerprint density at radius 2 is 1.97 bits per heavy atom. The standard InChI is InChI=1S/C26H25N9O2/c1-16(34-9-8-19(13-34)25(36)37)21-7-3-6-20(29-21)14-35-15-24(32-33-35)23-11-22(30-26(28)31-23)18-5-2-4-17(10-18)12-27/h2-7,10-11,15-16,19H,8-9,13-14H2,1H3,(H,36,37)(H2,28,30,31)/t16-,19-/m0/s1. The number of likely N-dealkylation sites (tertiary alicyclic amines) is 1. The maximum Gasteiger partial charge on any atom is 0.307 e. The maximum atomic E-state index is 11.3. The van der Waals surface area contributed by atoms with E-state index in [9.17, 15) is 15.2 Å². The van der Waals surface area contributed by atoms with Gasteiger partial charge in [0.05, 0.1) is 53.1 Å². The number of carboxylic acid groups (broad SMARTS) is 1. The normalized spacial score (nSPS) is 16.4. The van der Waals surface area contributed by atoms with Gasteiger partial charge in [-0.2, -0.15) is 5.26 Å². The predicted molar refractivity (Wildman–Crippen MR) is 135 cm³/mol. The van der Waals surface area contributed by atoms with Gasteiger partial charge in [-0.15, -0.1) is 5.10 Å². The average Bonchev–Trinajstić information content (AvgIpc) is 3.59. The summed E-state index contributed by atoms with van der Waals surface area (Å²) in [6, 6.07) is 16.8. The number of nitrogen functional groups attached to an aromatic ring is 1. The summed E-state index contributed by atoms with van der Waals surface area (Å²) < 4.78 is 1.68. The fourth-order valence-corrected chi connectivity index (χ4v) is 4.50. The molecule has 1 aromatic carbocycles. The Balaban J connectivity index is 1.33. The van der Waals surface area contributed by atoms with Gasteiger partial charge in [-0.3, -0.25) is 14.7 Å². The zero-order valence-corrected chi connectivity index (χ0v) is 20.2. The fraction of sp³-hybridized carbons (Fsp3) is 0.269. The maximum absolute atomic E-state index is 11.3. The van der Waals surface area contributed by atoms with Crippen molar-refractivity contribution in [2.24, 2.45) is 5.92 Å². The van der Waals surface area contributed by atoms with Crippen LogP contribution >= 0.6 is 0 Å². The van der Waals surface area contributed by atoms with Crippen molar-refractivity contribution >= 4 is 11.9 Å². The van der Waals surface area contributed by atoms with Crippen LogP contribution in [0.25, 0.3) is 22.6 Å². The number of aromatic nitrogens is 6. The van der Waals surface area contributed by atoms with Crippen molar-refractivity contribution in [3.05, 3.63) is 71.7 Å². The molecule has 11 heteroatoms. The van der Waals surface area contributed by atoms with Gasteiger partial charge in [-0.1, -0.05) is 23.4 Å². The van der Waals surface area contributed by atoms with Crippen LogP contribution in [0.2, 0.25) is 0 Å². The third-order valence-corrected chi connectivity index (χ3v) is 6.53. The van der Waals surface area contributed by atoms with E-state index in [0.717, 1.165) is 23.5 Å². The van der Waals surface area contributed by atoms with Crippen molar-refractivity contribution in [2.45, 2.75) is 25.9 Å². The number of anilines is 1. The second kappa shape index (κ2) is 10.1. The van der Waals surface area contributed by atoms with E-state index in [-0.39, 0.29) is 17.9 Å². The van der Waals surface area contributed by atoms with Crippen LogP contribution in [0.1, 0.15) is 36.3 Å². The van der Waals surface area contributed by atoms with Gasteiger partial charge in [0.15, 0.2) is 0 Å². The lowest BCUT2D eigenvalue weighted by molar-refractivity contribution is -0.141. The van der Waals surface area contributed by atoms with Crippen LogP contribution in [-0.4, -0.2) is 59.0 Å². The predicted octanol–water partition coefficient (Wildman–Crippen LogP) is 2.77. The molecule has 1 aliphatic rings. The molecule has 11 nitrogen and oxygen atoms in total. The van der Waals surface area contributed by atoms with Crippen molar-refractivity contribution in [3.63, 3.8) is 0 Å². The Labute approximate surface area is 213 Å². The molecule has 0 unspecified atom stereocenters. The number of pyridine rings is 1. The van der Waals surface area contributed by atoms with E-state index < -0.39 is 5.97 Å². The monoisotopic (exact) mass is 495 g/mol. The van der Waals surface area contributed by atoms with Crippen molar-refractivity contribution < 1.29 is 9.90 Å². The number of nitriles is 1. The summed E-state index contributed by atoms with van der Waals surface area (Å²) in [5.74, 6) is -0.975. The van der Waals surface area contributed by atoms with Crippen molar-refractivity contribution in [3.8, 4) is 28.7 Å². The van der Waals surface area contributed by atoms with Crippen LogP contribution in [0.5, 0.6) is 0 Å². The van der Waals surface area contributed by atoms with Crippen molar-refractivity contribution in [2.75, 3.05) is 18.8 Å². The lowest BCUT2D eigenvalue weighted by Crippen LogP contribution is -2.27. The molecule has 1 aliphatic heterocycles. The molecule has 1 saturated heterocycles. The molecule has 5 rings (SSSR count). The highest BCUT2D eigenvalue weighted by molar-refractivity contribution is 5.70. The zero-order chi connectivity index (χ0) is 25.9. The number of nitrogens with two attached hydrogens (primary N) is 1. The molecule has 1 fully saturated rings. The quantitative estimate of drug-likeness (QED) is 0.390. The molecule has 4 heterocycles. The minimum absolute atomic E-state index is 0.0116. The number of carbonyl (C=O) groups is 1. The number of carboxylic acids is 1. The lowest BCUT2D eigenvalue weighted by Gasteiger charge is -2.23. The summed E-state index contributed by atoms with van der Waals surface area (Å²) in [7, 11) is 0. The summed E-state index contributed by atoms with van der Waals surface area (Å²) in [6.45, 7) is 3.72. The fourth-order valence-electron chi connectivity index (χ4n) is 4.50. The SMILES string of the molecule is C[C@@H](c1cccc(Cn2cc(-c3cc(-c4cccc(C#N)c4)nc(N)n3)nn2)n1)N1CC[C@H](C(=O)O)C1. The van der Waals surface area contributed by atoms with Crippen LogP contribution in [0.4, 0.5) is 5.95 Å². The highest BCUT2D eigenvalue weighted by Gasteiger charge is 2.31. The van der Waals surface area contributed by atoms with Gasteiger partial charge in [0.1, 0.15) is 5.69 Å². The smallest absolute Gasteiger partial charge is 0.307 e. The Hall–Kier alpha value is -4.69. The van der Waals surface area contributed by atoms with E-state index in [1.807, 2.05) is 31.2 Å². The number of nitrogens with zero attached hydrogens (tertiary/aromatic N) is 8. The number of hydrogen-bond acceptors (Lipinski definition) is 9. The average molecular weight is 496 g/mol. The Morgan fingerprint density at radius 3 is 2.76 bits per heavy atom. The van der Waals surface area contributed by atoms with E-state index in [1.165, 1.54) is 0 Å². The molecule has 0 radical (unpaired) electrons. The molecule has 3 aromatic heterocycles. The highest BCUT2D eigenvalue weighted by atomic mass is 16.4. The van der Waals surface area contributed by atoms with Crippen LogP contribution in [0, 0.1) is 17.2 Å². The molecule has 0 bridgehead atoms. The topological polar surface area (TPSA) is 160 Å². The van der Waals surface area contributed by atoms with Gasteiger partial charge in [0.2, 0.25) is 5.95 Å². The van der Waals surface area contributed by atoms with Crippen LogP contribution in [0.3, 0.4) is 0 Å². The van der Waals surface area contributed by atoms with Gasteiger partial charge in [0.25, 0.3) is 0 Å². The highest BCUT2D eigenvalue weighted by Crippen LogP contribution is 2.27. The summed E-state index contributed by atoms with van der Waals surface area (Å²) in [5, 5.41) is 27.0. The molecule has 0 saturated carbocycles. The van der Waals surface area contributed by atoms with Gasteiger partial charge in [-0.25, -0.2) is 14.6 Å². The molecule has 0 amide bonds. The molecular formula is C26H25N9O2. The van der Waals surface area contributed by atoms with E-state index in [0.29, 0.717) is 42.2 Å².